The number of piperidine rings is 1. The molecular formula is C43H46BF2N5O4Si. The zero-order valence-corrected chi connectivity index (χ0v) is 33.5. The summed E-state index contributed by atoms with van der Waals surface area (Å²) in [6, 6.07) is 27.3. The highest BCUT2D eigenvalue weighted by molar-refractivity contribution is 7.00. The summed E-state index contributed by atoms with van der Waals surface area (Å²) < 4.78 is 42.3. The van der Waals surface area contributed by atoms with E-state index in [9.17, 15) is 14.8 Å². The predicted molar refractivity (Wildman–Crippen MR) is 221 cm³/mol. The molecule has 0 unspecified atom stereocenters. The quantitative estimate of drug-likeness (QED) is 0.152. The number of nitrogens with zero attached hydrogens (tertiary/aromatic N) is 5. The lowest BCUT2D eigenvalue weighted by Gasteiger charge is -2.43. The topological polar surface area (TPSA) is 114 Å². The second kappa shape index (κ2) is 15.4. The van der Waals surface area contributed by atoms with Crippen LogP contribution in [-0.4, -0.2) is 58.1 Å². The van der Waals surface area contributed by atoms with Crippen molar-refractivity contribution in [2.45, 2.75) is 71.2 Å². The standard InChI is InChI=1S/C43H46BF2N5O4Si/c1-27(2)37-39(28(3)20-23-47-37)51-41-32(40(49-42(51)52)50-24-21-29(22-25-50)44(53)54)26-34(46)38(48-41)36-33(45)18-13-19-35(36)55-56(43(4,5)6,30-14-9-7-10-15-30)31-16-11-8-12-17-31/h7-20,23,26-27,29,53-54H,21-22,24-25H2,1-6H3. The molecule has 0 radical (unpaired) electrons. The molecule has 0 aliphatic carbocycles. The molecule has 0 bridgehead atoms. The number of aryl methyl sites for hydroxylation is 1. The van der Waals surface area contributed by atoms with Crippen LogP contribution in [0.1, 0.15) is 64.6 Å². The number of fused-ring (bicyclic) bond motifs is 1. The minimum absolute atomic E-state index is 0.0818. The molecule has 56 heavy (non-hydrogen) atoms. The van der Waals surface area contributed by atoms with Crippen molar-refractivity contribution >= 4 is 42.7 Å². The summed E-state index contributed by atoms with van der Waals surface area (Å²) in [5, 5.41) is 21.3. The van der Waals surface area contributed by atoms with E-state index in [0.717, 1.165) is 15.9 Å². The van der Waals surface area contributed by atoms with Gasteiger partial charge in [0.25, 0.3) is 0 Å². The van der Waals surface area contributed by atoms with Crippen LogP contribution in [0.5, 0.6) is 5.75 Å². The van der Waals surface area contributed by atoms with Crippen molar-refractivity contribution in [3.8, 4) is 22.7 Å². The Morgan fingerprint density at radius 2 is 1.50 bits per heavy atom. The van der Waals surface area contributed by atoms with Gasteiger partial charge in [0.1, 0.15) is 23.1 Å². The monoisotopic (exact) mass is 773 g/mol. The largest absolute Gasteiger partial charge is 0.533 e. The second-order valence-corrected chi connectivity index (χ2v) is 20.1. The Hall–Kier alpha value is -5.24. The maximum atomic E-state index is 17.0. The number of anilines is 1. The molecule has 0 atom stereocenters. The van der Waals surface area contributed by atoms with Crippen molar-refractivity contribution in [2.24, 2.45) is 0 Å². The van der Waals surface area contributed by atoms with E-state index in [1.54, 1.807) is 24.4 Å². The van der Waals surface area contributed by atoms with Crippen LogP contribution in [0, 0.1) is 18.6 Å². The van der Waals surface area contributed by atoms with Crippen molar-refractivity contribution in [3.63, 3.8) is 0 Å². The third-order valence-corrected chi connectivity index (χ3v) is 15.8. The lowest BCUT2D eigenvalue weighted by molar-refractivity contribution is 0.364. The minimum Gasteiger partial charge on any atom is -0.533 e. The fraction of sp³-hybridized carbons (Fsp3) is 0.302. The smallest absolute Gasteiger partial charge is 0.454 e. The fourth-order valence-corrected chi connectivity index (χ4v) is 12.5. The Labute approximate surface area is 327 Å². The van der Waals surface area contributed by atoms with Crippen molar-refractivity contribution in [1.29, 1.82) is 0 Å². The first kappa shape index (κ1) is 39.0. The molecule has 0 spiro atoms. The van der Waals surface area contributed by atoms with E-state index in [-0.39, 0.29) is 45.6 Å². The number of benzene rings is 3. The second-order valence-electron chi connectivity index (χ2n) is 15.9. The number of hydrogen-bond acceptors (Lipinski definition) is 8. The maximum absolute atomic E-state index is 17.0. The van der Waals surface area contributed by atoms with Crippen molar-refractivity contribution in [3.05, 3.63) is 131 Å². The average Bonchev–Trinajstić information content (AvgIpc) is 3.17. The first-order valence-corrected chi connectivity index (χ1v) is 20.9. The van der Waals surface area contributed by atoms with Gasteiger partial charge in [-0.25, -0.2) is 23.1 Å². The van der Waals surface area contributed by atoms with Gasteiger partial charge in [-0.05, 0) is 76.7 Å². The molecule has 9 nitrogen and oxygen atoms in total. The molecule has 13 heteroatoms. The molecule has 0 saturated carbocycles. The molecule has 6 aromatic rings. The van der Waals surface area contributed by atoms with Crippen LogP contribution in [0.3, 0.4) is 0 Å². The summed E-state index contributed by atoms with van der Waals surface area (Å²) in [7, 11) is -4.80. The van der Waals surface area contributed by atoms with Gasteiger partial charge >= 0.3 is 21.1 Å². The van der Waals surface area contributed by atoms with Crippen LogP contribution in [0.2, 0.25) is 10.9 Å². The highest BCUT2D eigenvalue weighted by Crippen LogP contribution is 2.43. The fourth-order valence-electron chi connectivity index (χ4n) is 8.05. The Balaban J connectivity index is 1.51. The number of pyridine rings is 2. The van der Waals surface area contributed by atoms with Crippen molar-refractivity contribution < 1.29 is 23.3 Å². The zero-order valence-electron chi connectivity index (χ0n) is 32.5. The Kier molecular flexibility index (Phi) is 10.7. The SMILES string of the molecule is Cc1ccnc(C(C)C)c1-n1c(=O)nc(N2CCC(B(O)O)CC2)c2cc(F)c(-c3c(F)cccc3O[Si](c3ccccc3)(c3ccccc3)C(C)(C)C)nc21. The van der Waals surface area contributed by atoms with E-state index in [1.165, 1.54) is 16.7 Å². The van der Waals surface area contributed by atoms with Gasteiger partial charge in [-0.1, -0.05) is 101 Å². The van der Waals surface area contributed by atoms with Gasteiger partial charge in [-0.15, -0.1) is 0 Å². The lowest BCUT2D eigenvalue weighted by atomic mass is 9.67. The van der Waals surface area contributed by atoms with E-state index < -0.39 is 37.8 Å². The first-order chi connectivity index (χ1) is 26.7. The molecule has 288 valence electrons. The summed E-state index contributed by atoms with van der Waals surface area (Å²) in [6.07, 6.45) is 2.53. The van der Waals surface area contributed by atoms with Crippen LogP contribution < -0.4 is 25.4 Å². The van der Waals surface area contributed by atoms with Gasteiger partial charge in [-0.3, -0.25) is 4.98 Å². The van der Waals surface area contributed by atoms with E-state index in [0.29, 0.717) is 37.3 Å². The van der Waals surface area contributed by atoms with Gasteiger partial charge in [0.2, 0.25) is 0 Å². The van der Waals surface area contributed by atoms with Gasteiger partial charge < -0.3 is 19.4 Å². The van der Waals surface area contributed by atoms with Gasteiger partial charge in [0.05, 0.1) is 22.3 Å². The van der Waals surface area contributed by atoms with E-state index in [2.05, 4.69) is 30.7 Å². The van der Waals surface area contributed by atoms with Crippen molar-refractivity contribution in [1.82, 2.24) is 19.5 Å². The molecule has 7 rings (SSSR count). The van der Waals surface area contributed by atoms with Gasteiger partial charge in [-0.2, -0.15) is 4.98 Å². The van der Waals surface area contributed by atoms with Crippen LogP contribution >= 0.6 is 0 Å². The molecule has 4 heterocycles. The summed E-state index contributed by atoms with van der Waals surface area (Å²) in [5.41, 5.74) is 0.769. The Bertz CT molecular complexity index is 2400. The zero-order chi connectivity index (χ0) is 39.9. The third kappa shape index (κ3) is 6.92. The van der Waals surface area contributed by atoms with Gasteiger partial charge in [0.15, 0.2) is 11.5 Å². The Morgan fingerprint density at radius 1 is 0.875 bits per heavy atom. The first-order valence-electron chi connectivity index (χ1n) is 19.0. The van der Waals surface area contributed by atoms with Crippen molar-refractivity contribution in [2.75, 3.05) is 18.0 Å². The lowest BCUT2D eigenvalue weighted by Crippen LogP contribution is -2.68. The molecule has 1 aliphatic heterocycles. The van der Waals surface area contributed by atoms with Crippen LogP contribution in [-0.2, 0) is 0 Å². The van der Waals surface area contributed by atoms with Crippen LogP contribution in [0.25, 0.3) is 28.0 Å². The van der Waals surface area contributed by atoms with Crippen LogP contribution in [0.15, 0.2) is 102 Å². The average molecular weight is 774 g/mol. The molecule has 2 N–H and O–H groups in total. The summed E-state index contributed by atoms with van der Waals surface area (Å²) >= 11 is 0. The van der Waals surface area contributed by atoms with E-state index in [1.807, 2.05) is 86.3 Å². The highest BCUT2D eigenvalue weighted by Gasteiger charge is 2.52. The molecule has 0 amide bonds. The normalized spacial score (nSPS) is 14.1. The molecule has 1 aliphatic rings. The number of aromatic nitrogens is 4. The summed E-state index contributed by atoms with van der Waals surface area (Å²) in [6.45, 7) is 12.8. The van der Waals surface area contributed by atoms with E-state index >= 15 is 8.78 Å². The Morgan fingerprint density at radius 3 is 2.07 bits per heavy atom. The van der Waals surface area contributed by atoms with Gasteiger partial charge in [0, 0.05) is 19.3 Å². The minimum atomic E-state index is -3.33. The predicted octanol–water partition coefficient (Wildman–Crippen LogP) is 6.93. The van der Waals surface area contributed by atoms with Crippen LogP contribution in [0.4, 0.5) is 14.6 Å². The molecule has 3 aromatic carbocycles. The molecule has 1 fully saturated rings. The third-order valence-electron chi connectivity index (χ3n) is 10.9. The number of rotatable bonds is 9. The summed E-state index contributed by atoms with van der Waals surface area (Å²) in [5.74, 6) is -1.67. The summed E-state index contributed by atoms with van der Waals surface area (Å²) in [4.78, 5) is 30.2. The number of halogens is 2. The maximum Gasteiger partial charge on any atom is 0.454 e. The molecule has 3 aromatic heterocycles. The molecular weight excluding hydrogens is 727 g/mol. The molecule has 1 saturated heterocycles. The number of hydrogen-bond donors (Lipinski definition) is 2. The highest BCUT2D eigenvalue weighted by atomic mass is 28.4. The van der Waals surface area contributed by atoms with E-state index in [4.69, 9.17) is 9.41 Å².